The molecule has 0 aliphatic carbocycles. The monoisotopic (exact) mass is 338 g/mol. The summed E-state index contributed by atoms with van der Waals surface area (Å²) in [5, 5.41) is 3.04. The molecule has 0 fully saturated rings. The molecule has 0 radical (unpaired) electrons. The van der Waals surface area contributed by atoms with Crippen LogP contribution in [0.1, 0.15) is 30.0 Å². The summed E-state index contributed by atoms with van der Waals surface area (Å²) in [5.41, 5.74) is 1.08. The first-order valence-electron chi connectivity index (χ1n) is 8.32. The highest BCUT2D eigenvalue weighted by molar-refractivity contribution is 5.78. The van der Waals surface area contributed by atoms with E-state index in [9.17, 15) is 4.79 Å². The van der Waals surface area contributed by atoms with Crippen LogP contribution in [0.4, 0.5) is 0 Å². The van der Waals surface area contributed by atoms with Crippen molar-refractivity contribution in [2.45, 2.75) is 26.1 Å². The van der Waals surface area contributed by atoms with Gasteiger partial charge in [0, 0.05) is 0 Å². The van der Waals surface area contributed by atoms with Gasteiger partial charge in [-0.05, 0) is 36.8 Å². The second-order valence-electron chi connectivity index (χ2n) is 6.00. The summed E-state index contributed by atoms with van der Waals surface area (Å²) < 4.78 is 10.8. The maximum atomic E-state index is 12.5. The molecule has 130 valence electrons. The molecule has 1 amide bonds. The molecule has 0 bridgehead atoms. The number of carbonyl (C=O) groups is 1. The van der Waals surface area contributed by atoms with Gasteiger partial charge in [-0.25, -0.2) is 0 Å². The van der Waals surface area contributed by atoms with E-state index in [1.807, 2.05) is 66.4 Å². The van der Waals surface area contributed by atoms with Crippen molar-refractivity contribution in [3.63, 3.8) is 0 Å². The van der Waals surface area contributed by atoms with E-state index in [1.54, 1.807) is 12.5 Å². The third-order valence-electron chi connectivity index (χ3n) is 3.96. The van der Waals surface area contributed by atoms with E-state index in [0.717, 1.165) is 17.1 Å². The van der Waals surface area contributed by atoms with Gasteiger partial charge in [0.05, 0.1) is 38.2 Å². The molecule has 0 spiro atoms. The van der Waals surface area contributed by atoms with Crippen LogP contribution < -0.4 is 5.32 Å². The molecular formula is C20H22N2O3. The average Bonchev–Trinajstić information content (AvgIpc) is 3.29. The number of hydrogen-bond acceptors (Lipinski definition) is 4. The van der Waals surface area contributed by atoms with E-state index in [-0.39, 0.29) is 18.5 Å². The van der Waals surface area contributed by atoms with Gasteiger partial charge in [0.15, 0.2) is 0 Å². The molecule has 25 heavy (non-hydrogen) atoms. The Bertz CT molecular complexity index is 715. The Hall–Kier alpha value is -2.79. The Morgan fingerprint density at radius 3 is 2.08 bits per heavy atom. The normalized spacial score (nSPS) is 12.2. The summed E-state index contributed by atoms with van der Waals surface area (Å²) in [7, 11) is 0. The van der Waals surface area contributed by atoms with Gasteiger partial charge < -0.3 is 14.2 Å². The molecule has 0 saturated heterocycles. The van der Waals surface area contributed by atoms with Crippen molar-refractivity contribution in [1.82, 2.24) is 10.2 Å². The van der Waals surface area contributed by atoms with Gasteiger partial charge in [0.1, 0.15) is 11.5 Å². The predicted octanol–water partition coefficient (Wildman–Crippen LogP) is 3.75. The van der Waals surface area contributed by atoms with E-state index >= 15 is 0 Å². The lowest BCUT2D eigenvalue weighted by atomic mass is 10.1. The highest BCUT2D eigenvalue weighted by Crippen LogP contribution is 2.13. The molecule has 3 rings (SSSR count). The Morgan fingerprint density at radius 1 is 0.960 bits per heavy atom. The molecular weight excluding hydrogens is 316 g/mol. The van der Waals surface area contributed by atoms with Crippen molar-refractivity contribution in [2.24, 2.45) is 0 Å². The van der Waals surface area contributed by atoms with Gasteiger partial charge in [-0.1, -0.05) is 30.3 Å². The molecule has 1 aromatic carbocycles. The quantitative estimate of drug-likeness (QED) is 0.679. The second-order valence-corrected chi connectivity index (χ2v) is 6.00. The number of nitrogens with zero attached hydrogens (tertiary/aromatic N) is 1. The fourth-order valence-corrected chi connectivity index (χ4v) is 2.73. The predicted molar refractivity (Wildman–Crippen MR) is 94.5 cm³/mol. The van der Waals surface area contributed by atoms with E-state index in [2.05, 4.69) is 5.32 Å². The summed E-state index contributed by atoms with van der Waals surface area (Å²) in [6, 6.07) is 17.4. The number of amides is 1. The Balaban J connectivity index is 1.61. The summed E-state index contributed by atoms with van der Waals surface area (Å²) >= 11 is 0. The third kappa shape index (κ3) is 5.09. The lowest BCUT2D eigenvalue weighted by Crippen LogP contribution is -2.37. The summed E-state index contributed by atoms with van der Waals surface area (Å²) in [6.45, 7) is 3.33. The highest BCUT2D eigenvalue weighted by atomic mass is 16.3. The maximum absolute atomic E-state index is 12.5. The average molecular weight is 338 g/mol. The molecule has 3 aromatic rings. The minimum Gasteiger partial charge on any atom is -0.468 e. The van der Waals surface area contributed by atoms with Crippen molar-refractivity contribution < 1.29 is 13.6 Å². The maximum Gasteiger partial charge on any atom is 0.234 e. The van der Waals surface area contributed by atoms with Crippen LogP contribution in [0.3, 0.4) is 0 Å². The van der Waals surface area contributed by atoms with Crippen LogP contribution in [0.5, 0.6) is 0 Å². The topological polar surface area (TPSA) is 58.6 Å². The molecule has 1 unspecified atom stereocenters. The molecule has 0 saturated carbocycles. The molecule has 2 heterocycles. The zero-order chi connectivity index (χ0) is 17.5. The van der Waals surface area contributed by atoms with Gasteiger partial charge in [0.25, 0.3) is 0 Å². The van der Waals surface area contributed by atoms with E-state index in [0.29, 0.717) is 13.1 Å². The minimum atomic E-state index is -0.0391. The number of furan rings is 2. The van der Waals surface area contributed by atoms with Crippen molar-refractivity contribution in [2.75, 3.05) is 6.54 Å². The number of hydrogen-bond donors (Lipinski definition) is 1. The standard InChI is InChI=1S/C20H22N2O3/c1-16(17-7-3-2-4-8-17)21-20(23)15-22(13-18-9-5-11-24-18)14-19-10-6-12-25-19/h2-12,16H,13-15H2,1H3,(H,21,23). The number of nitrogens with one attached hydrogen (secondary N) is 1. The van der Waals surface area contributed by atoms with Gasteiger partial charge in [0.2, 0.25) is 5.91 Å². The SMILES string of the molecule is CC(NC(=O)CN(Cc1ccco1)Cc1ccco1)c1ccccc1. The Morgan fingerprint density at radius 2 is 1.56 bits per heavy atom. The number of rotatable bonds is 8. The van der Waals surface area contributed by atoms with Gasteiger partial charge in [-0.15, -0.1) is 0 Å². The van der Waals surface area contributed by atoms with Gasteiger partial charge in [-0.3, -0.25) is 9.69 Å². The van der Waals surface area contributed by atoms with Crippen LogP contribution in [0, 0.1) is 0 Å². The largest absolute Gasteiger partial charge is 0.468 e. The molecule has 5 heteroatoms. The fraction of sp³-hybridized carbons (Fsp3) is 0.250. The third-order valence-corrected chi connectivity index (χ3v) is 3.96. The van der Waals surface area contributed by atoms with Crippen molar-refractivity contribution in [1.29, 1.82) is 0 Å². The molecule has 1 atom stereocenters. The van der Waals surface area contributed by atoms with Crippen LogP contribution in [0.15, 0.2) is 76.0 Å². The highest BCUT2D eigenvalue weighted by Gasteiger charge is 2.16. The molecule has 0 aliphatic rings. The summed E-state index contributed by atoms with van der Waals surface area (Å²) in [4.78, 5) is 14.5. The number of carbonyl (C=O) groups excluding carboxylic acids is 1. The Labute approximate surface area is 147 Å². The molecule has 2 aromatic heterocycles. The molecule has 0 aliphatic heterocycles. The van der Waals surface area contributed by atoms with Gasteiger partial charge in [-0.2, -0.15) is 0 Å². The summed E-state index contributed by atoms with van der Waals surface area (Å²) in [6.07, 6.45) is 3.27. The summed E-state index contributed by atoms with van der Waals surface area (Å²) in [5.74, 6) is 1.60. The van der Waals surface area contributed by atoms with Crippen LogP contribution in [-0.2, 0) is 17.9 Å². The molecule has 5 nitrogen and oxygen atoms in total. The van der Waals surface area contributed by atoms with Crippen LogP contribution in [0.25, 0.3) is 0 Å². The zero-order valence-electron chi connectivity index (χ0n) is 14.2. The first kappa shape index (κ1) is 17.0. The first-order chi connectivity index (χ1) is 12.2. The second kappa shape index (κ2) is 8.35. The van der Waals surface area contributed by atoms with Crippen molar-refractivity contribution >= 4 is 5.91 Å². The van der Waals surface area contributed by atoms with E-state index in [4.69, 9.17) is 8.83 Å². The first-order valence-corrected chi connectivity index (χ1v) is 8.32. The minimum absolute atomic E-state index is 0.0329. The van der Waals surface area contributed by atoms with Crippen molar-refractivity contribution in [3.05, 3.63) is 84.2 Å². The smallest absolute Gasteiger partial charge is 0.234 e. The van der Waals surface area contributed by atoms with Gasteiger partial charge >= 0.3 is 0 Å². The van der Waals surface area contributed by atoms with Crippen LogP contribution in [0.2, 0.25) is 0 Å². The fourth-order valence-electron chi connectivity index (χ4n) is 2.73. The van der Waals surface area contributed by atoms with Crippen molar-refractivity contribution in [3.8, 4) is 0 Å². The van der Waals surface area contributed by atoms with Crippen LogP contribution in [-0.4, -0.2) is 17.4 Å². The lowest BCUT2D eigenvalue weighted by molar-refractivity contribution is -0.123. The van der Waals surface area contributed by atoms with Crippen LogP contribution >= 0.6 is 0 Å². The zero-order valence-corrected chi connectivity index (χ0v) is 14.2. The Kier molecular flexibility index (Phi) is 5.69. The van der Waals surface area contributed by atoms with E-state index in [1.165, 1.54) is 0 Å². The molecule has 1 N–H and O–H groups in total. The lowest BCUT2D eigenvalue weighted by Gasteiger charge is -2.21. The van der Waals surface area contributed by atoms with E-state index < -0.39 is 0 Å². The number of benzene rings is 1.